The van der Waals surface area contributed by atoms with Gasteiger partial charge in [-0.25, -0.2) is 0 Å². The Balaban J connectivity index is 2.13. The van der Waals surface area contributed by atoms with Crippen molar-refractivity contribution in [3.8, 4) is 0 Å². The molecule has 0 bridgehead atoms. The van der Waals surface area contributed by atoms with Gasteiger partial charge in [-0.15, -0.1) is 11.3 Å². The van der Waals surface area contributed by atoms with Crippen LogP contribution in [0.15, 0.2) is 15.2 Å². The summed E-state index contributed by atoms with van der Waals surface area (Å²) in [5.74, 6) is -0.0185. The first-order valence-corrected chi connectivity index (χ1v) is 7.65. The number of hydrogen-bond donors (Lipinski definition) is 2. The van der Waals surface area contributed by atoms with E-state index in [9.17, 15) is 4.79 Å². The summed E-state index contributed by atoms with van der Waals surface area (Å²) in [4.78, 5) is 12.2. The fourth-order valence-electron chi connectivity index (χ4n) is 3.20. The van der Waals surface area contributed by atoms with E-state index in [0.717, 1.165) is 3.79 Å². The van der Waals surface area contributed by atoms with Crippen molar-refractivity contribution >= 4 is 33.2 Å². The van der Waals surface area contributed by atoms with Crippen LogP contribution in [0.5, 0.6) is 0 Å². The number of hydrogen-bond acceptors (Lipinski definition) is 3. The van der Waals surface area contributed by atoms with Crippen molar-refractivity contribution < 1.29 is 4.79 Å². The zero-order valence-corrected chi connectivity index (χ0v) is 13.5. The Morgan fingerprint density at radius 1 is 1.39 bits per heavy atom. The molecule has 1 saturated carbocycles. The second-order valence-corrected chi connectivity index (χ2v) is 8.46. The number of nitrogens with one attached hydrogen (secondary N) is 1. The molecule has 0 aromatic carbocycles. The molecule has 3 N–H and O–H groups in total. The molecule has 5 heteroatoms. The monoisotopic (exact) mass is 330 g/mol. The van der Waals surface area contributed by atoms with Gasteiger partial charge in [-0.1, -0.05) is 27.7 Å². The molecule has 1 amide bonds. The van der Waals surface area contributed by atoms with Gasteiger partial charge >= 0.3 is 0 Å². The van der Waals surface area contributed by atoms with Crippen LogP contribution in [0.1, 0.15) is 38.1 Å². The standard InChI is InChI=1S/C13H19BrN2OS/c1-12(2)10(15)13(3,4)11(12)16-9(17)7-5-8(14)18-6-7/h5-6,10-11H,15H2,1-4H3,(H,16,17). The van der Waals surface area contributed by atoms with E-state index in [2.05, 4.69) is 48.9 Å². The number of halogens is 1. The van der Waals surface area contributed by atoms with E-state index in [0.29, 0.717) is 5.56 Å². The van der Waals surface area contributed by atoms with Crippen LogP contribution in [0.2, 0.25) is 0 Å². The first-order chi connectivity index (χ1) is 8.17. The van der Waals surface area contributed by atoms with Crippen molar-refractivity contribution in [1.29, 1.82) is 0 Å². The Bertz CT molecular complexity index is 465. The average molecular weight is 331 g/mol. The second-order valence-electron chi connectivity index (χ2n) is 6.17. The first-order valence-electron chi connectivity index (χ1n) is 5.98. The molecule has 1 aliphatic rings. The van der Waals surface area contributed by atoms with E-state index in [1.165, 1.54) is 11.3 Å². The van der Waals surface area contributed by atoms with Gasteiger partial charge in [-0.05, 0) is 22.0 Å². The normalized spacial score (nSPS) is 28.6. The summed E-state index contributed by atoms with van der Waals surface area (Å²) in [5.41, 5.74) is 6.77. The third kappa shape index (κ3) is 2.02. The molecule has 0 aliphatic heterocycles. The SMILES string of the molecule is CC1(C)C(N)C(C)(C)C1NC(=O)c1csc(Br)c1. The second kappa shape index (κ2) is 4.32. The van der Waals surface area contributed by atoms with Gasteiger partial charge in [0.05, 0.1) is 9.35 Å². The predicted molar refractivity (Wildman–Crippen MR) is 78.8 cm³/mol. The molecule has 0 atom stereocenters. The van der Waals surface area contributed by atoms with Gasteiger partial charge < -0.3 is 11.1 Å². The summed E-state index contributed by atoms with van der Waals surface area (Å²) in [6.07, 6.45) is 0. The largest absolute Gasteiger partial charge is 0.348 e. The highest BCUT2D eigenvalue weighted by atomic mass is 79.9. The maximum Gasteiger partial charge on any atom is 0.252 e. The predicted octanol–water partition coefficient (Wildman–Crippen LogP) is 3.00. The minimum atomic E-state index is -0.0631. The van der Waals surface area contributed by atoms with E-state index in [4.69, 9.17) is 5.73 Å². The van der Waals surface area contributed by atoms with Crippen molar-refractivity contribution in [3.05, 3.63) is 20.8 Å². The lowest BCUT2D eigenvalue weighted by Gasteiger charge is -2.62. The molecule has 1 aromatic rings. The van der Waals surface area contributed by atoms with Gasteiger partial charge in [0, 0.05) is 28.3 Å². The molecule has 0 radical (unpaired) electrons. The summed E-state index contributed by atoms with van der Waals surface area (Å²) in [7, 11) is 0. The number of thiophene rings is 1. The van der Waals surface area contributed by atoms with Crippen LogP contribution in [-0.2, 0) is 0 Å². The number of amides is 1. The van der Waals surface area contributed by atoms with E-state index in [1.807, 2.05) is 11.4 Å². The molecule has 2 rings (SSSR count). The van der Waals surface area contributed by atoms with E-state index in [1.54, 1.807) is 0 Å². The lowest BCUT2D eigenvalue weighted by molar-refractivity contribution is -0.0663. The lowest BCUT2D eigenvalue weighted by atomic mass is 9.48. The quantitative estimate of drug-likeness (QED) is 0.875. The van der Waals surface area contributed by atoms with Gasteiger partial charge in [0.1, 0.15) is 0 Å². The Morgan fingerprint density at radius 2 is 1.94 bits per heavy atom. The van der Waals surface area contributed by atoms with Crippen molar-refractivity contribution in [2.45, 2.75) is 39.8 Å². The average Bonchev–Trinajstić information content (AvgIpc) is 2.71. The fourth-order valence-corrected chi connectivity index (χ4v) is 4.33. The van der Waals surface area contributed by atoms with Gasteiger partial charge in [-0.2, -0.15) is 0 Å². The van der Waals surface area contributed by atoms with Gasteiger partial charge in [0.15, 0.2) is 0 Å². The Hall–Kier alpha value is -0.390. The molecule has 1 fully saturated rings. The zero-order valence-electron chi connectivity index (χ0n) is 11.1. The maximum atomic E-state index is 12.2. The molecule has 0 unspecified atom stereocenters. The number of rotatable bonds is 2. The highest BCUT2D eigenvalue weighted by Crippen LogP contribution is 2.52. The van der Waals surface area contributed by atoms with E-state index >= 15 is 0 Å². The Morgan fingerprint density at radius 3 is 2.39 bits per heavy atom. The molecule has 18 heavy (non-hydrogen) atoms. The summed E-state index contributed by atoms with van der Waals surface area (Å²) in [6.45, 7) is 8.43. The van der Waals surface area contributed by atoms with E-state index in [-0.39, 0.29) is 28.8 Å². The van der Waals surface area contributed by atoms with E-state index < -0.39 is 0 Å². The fraction of sp³-hybridized carbons (Fsp3) is 0.615. The number of carbonyl (C=O) groups excluding carboxylic acids is 1. The molecule has 100 valence electrons. The van der Waals surface area contributed by atoms with Crippen molar-refractivity contribution in [2.75, 3.05) is 0 Å². The first kappa shape index (κ1) is 14.0. The highest BCUT2D eigenvalue weighted by Gasteiger charge is 2.60. The number of carbonyl (C=O) groups is 1. The molecule has 0 spiro atoms. The van der Waals surface area contributed by atoms with Crippen molar-refractivity contribution in [2.24, 2.45) is 16.6 Å². The third-order valence-corrected chi connectivity index (χ3v) is 5.70. The minimum absolute atomic E-state index is 0.0185. The van der Waals surface area contributed by atoms with Gasteiger partial charge in [0.25, 0.3) is 5.91 Å². The van der Waals surface area contributed by atoms with Crippen LogP contribution in [0, 0.1) is 10.8 Å². The lowest BCUT2D eigenvalue weighted by Crippen LogP contribution is -2.76. The summed E-state index contributed by atoms with van der Waals surface area (Å²) < 4.78 is 0.969. The van der Waals surface area contributed by atoms with Gasteiger partial charge in [0.2, 0.25) is 0 Å². The van der Waals surface area contributed by atoms with Gasteiger partial charge in [-0.3, -0.25) is 4.79 Å². The molecule has 1 heterocycles. The molecule has 0 saturated heterocycles. The molecule has 3 nitrogen and oxygen atoms in total. The topological polar surface area (TPSA) is 55.1 Å². The highest BCUT2D eigenvalue weighted by molar-refractivity contribution is 9.11. The molecular weight excluding hydrogens is 312 g/mol. The Labute approximate surface area is 120 Å². The third-order valence-electron chi connectivity index (χ3n) is 4.20. The molecular formula is C13H19BrN2OS. The van der Waals surface area contributed by atoms with Crippen LogP contribution in [0.25, 0.3) is 0 Å². The summed E-state index contributed by atoms with van der Waals surface area (Å²) in [6, 6.07) is 2.05. The van der Waals surface area contributed by atoms with Crippen LogP contribution < -0.4 is 11.1 Å². The molecule has 1 aliphatic carbocycles. The van der Waals surface area contributed by atoms with Crippen molar-refractivity contribution in [1.82, 2.24) is 5.32 Å². The van der Waals surface area contributed by atoms with Crippen LogP contribution in [0.3, 0.4) is 0 Å². The maximum absolute atomic E-state index is 12.2. The van der Waals surface area contributed by atoms with Crippen LogP contribution in [0.4, 0.5) is 0 Å². The number of nitrogens with two attached hydrogens (primary N) is 1. The van der Waals surface area contributed by atoms with Crippen LogP contribution in [-0.4, -0.2) is 18.0 Å². The summed E-state index contributed by atoms with van der Waals surface area (Å²) >= 11 is 4.89. The van der Waals surface area contributed by atoms with Crippen LogP contribution >= 0.6 is 27.3 Å². The minimum Gasteiger partial charge on any atom is -0.348 e. The van der Waals surface area contributed by atoms with Crippen molar-refractivity contribution in [3.63, 3.8) is 0 Å². The molecule has 1 aromatic heterocycles. The summed E-state index contributed by atoms with van der Waals surface area (Å²) in [5, 5.41) is 4.98. The smallest absolute Gasteiger partial charge is 0.252 e. The zero-order chi connectivity index (χ0) is 13.7. The Kier molecular flexibility index (Phi) is 3.37.